The van der Waals surface area contributed by atoms with Crippen LogP contribution in [-0.2, 0) is 10.7 Å². The Morgan fingerprint density at radius 3 is 2.43 bits per heavy atom. The lowest BCUT2D eigenvalue weighted by Crippen LogP contribution is -2.57. The molecule has 0 bridgehead atoms. The molecule has 126 valence electrons. The summed E-state index contributed by atoms with van der Waals surface area (Å²) in [5.74, 6) is -5.73. The van der Waals surface area contributed by atoms with Gasteiger partial charge in [0.2, 0.25) is 0 Å². The number of amides is 1. The zero-order valence-corrected chi connectivity index (χ0v) is 12.2. The molecule has 0 radical (unpaired) electrons. The van der Waals surface area contributed by atoms with E-state index in [4.69, 9.17) is 17.4 Å². The van der Waals surface area contributed by atoms with E-state index in [1.807, 2.05) is 0 Å². The van der Waals surface area contributed by atoms with Crippen LogP contribution >= 0.6 is 12.2 Å². The molecule has 1 aromatic rings. The molecule has 4 nitrogen and oxygen atoms in total. The van der Waals surface area contributed by atoms with Gasteiger partial charge in [-0.05, 0) is 12.5 Å². The quantitative estimate of drug-likeness (QED) is 0.379. The first-order valence-electron chi connectivity index (χ1n) is 6.39. The van der Waals surface area contributed by atoms with Crippen LogP contribution in [-0.4, -0.2) is 39.8 Å². The molecular weight excluding hydrogens is 343 g/mol. The summed E-state index contributed by atoms with van der Waals surface area (Å²) in [7, 11) is 0. The predicted octanol–water partition coefficient (Wildman–Crippen LogP) is 2.60. The van der Waals surface area contributed by atoms with Crippen molar-refractivity contribution in [1.82, 2.24) is 10.4 Å². The first-order chi connectivity index (χ1) is 10.6. The van der Waals surface area contributed by atoms with Gasteiger partial charge in [-0.15, -0.1) is 0 Å². The summed E-state index contributed by atoms with van der Waals surface area (Å²) in [5.41, 5.74) is 0.191. The van der Waals surface area contributed by atoms with Gasteiger partial charge >= 0.3 is 12.1 Å². The number of thiocarbonyl (C=S) groups is 1. The maximum Gasteiger partial charge on any atom is 0.458 e. The van der Waals surface area contributed by atoms with Gasteiger partial charge in [0.05, 0.1) is 0 Å². The lowest BCUT2D eigenvalue weighted by atomic mass is 9.99. The number of nitrogens with one attached hydrogen (secondary N) is 1. The number of alkyl halides is 5. The van der Waals surface area contributed by atoms with E-state index >= 15 is 0 Å². The minimum Gasteiger partial charge on any atom is -0.350 e. The average Bonchev–Trinajstić information content (AvgIpc) is 2.44. The molecule has 1 unspecified atom stereocenters. The van der Waals surface area contributed by atoms with Crippen LogP contribution in [0.15, 0.2) is 24.3 Å². The van der Waals surface area contributed by atoms with Gasteiger partial charge < -0.3 is 4.90 Å². The summed E-state index contributed by atoms with van der Waals surface area (Å²) in [6, 6.07) is 2.86. The van der Waals surface area contributed by atoms with Gasteiger partial charge in [0.1, 0.15) is 11.0 Å². The van der Waals surface area contributed by atoms with Crippen LogP contribution in [0, 0.1) is 0 Å². The van der Waals surface area contributed by atoms with Crippen molar-refractivity contribution in [3.63, 3.8) is 0 Å². The van der Waals surface area contributed by atoms with E-state index in [2.05, 4.69) is 0 Å². The molecule has 2 N–H and O–H groups in total. The first-order valence-corrected chi connectivity index (χ1v) is 6.80. The van der Waals surface area contributed by atoms with Gasteiger partial charge in [0, 0.05) is 17.7 Å². The van der Waals surface area contributed by atoms with Crippen LogP contribution < -0.4 is 5.48 Å². The number of likely N-dealkylation sites (tertiary alicyclic amines) is 1. The van der Waals surface area contributed by atoms with Gasteiger partial charge in [-0.3, -0.25) is 10.0 Å². The Bertz CT molecular complexity index is 635. The molecule has 1 saturated heterocycles. The fourth-order valence-electron chi connectivity index (χ4n) is 2.15. The summed E-state index contributed by atoms with van der Waals surface area (Å²) in [5, 5.41) is 8.59. The Kier molecular flexibility index (Phi) is 4.58. The van der Waals surface area contributed by atoms with Crippen molar-refractivity contribution >= 4 is 23.1 Å². The molecular formula is C13H11F5N2O2S. The second-order valence-electron chi connectivity index (χ2n) is 4.93. The standard InChI is InChI=1S/C13H11F5N2O2S/c14-12(15,13(16,17)18)8-3-1-2-7(6-8)11(23)20-5-4-9(20)10(21)19-22/h1-3,6,9,22H,4-5H2,(H,19,21). The Morgan fingerprint density at radius 1 is 1.30 bits per heavy atom. The predicted molar refractivity (Wildman–Crippen MR) is 73.1 cm³/mol. The van der Waals surface area contributed by atoms with E-state index in [0.29, 0.717) is 25.1 Å². The monoisotopic (exact) mass is 354 g/mol. The second kappa shape index (κ2) is 6.00. The fraction of sp³-hybridized carbons (Fsp3) is 0.385. The highest BCUT2D eigenvalue weighted by Crippen LogP contribution is 2.44. The largest absolute Gasteiger partial charge is 0.458 e. The van der Waals surface area contributed by atoms with Crippen molar-refractivity contribution in [1.29, 1.82) is 0 Å². The highest BCUT2D eigenvalue weighted by atomic mass is 32.1. The lowest BCUT2D eigenvalue weighted by Gasteiger charge is -2.41. The van der Waals surface area contributed by atoms with Gasteiger partial charge in [-0.25, -0.2) is 5.48 Å². The molecule has 10 heteroatoms. The third-order valence-corrected chi connectivity index (χ3v) is 3.99. The molecule has 23 heavy (non-hydrogen) atoms. The molecule has 2 rings (SSSR count). The smallest absolute Gasteiger partial charge is 0.350 e. The lowest BCUT2D eigenvalue weighted by molar-refractivity contribution is -0.289. The number of hydroxylamine groups is 1. The fourth-order valence-corrected chi connectivity index (χ4v) is 2.50. The molecule has 0 saturated carbocycles. The number of carbonyl (C=O) groups is 1. The van der Waals surface area contributed by atoms with Crippen molar-refractivity contribution in [2.45, 2.75) is 24.6 Å². The zero-order chi connectivity index (χ0) is 17.4. The normalized spacial score (nSPS) is 18.3. The molecule has 1 fully saturated rings. The minimum absolute atomic E-state index is 0.0307. The molecule has 0 aliphatic carbocycles. The third-order valence-electron chi connectivity index (χ3n) is 3.52. The number of nitrogens with zero attached hydrogens (tertiary/aromatic N) is 1. The van der Waals surface area contributed by atoms with Gasteiger partial charge in [-0.1, -0.05) is 30.4 Å². The van der Waals surface area contributed by atoms with Crippen LogP contribution in [0.5, 0.6) is 0 Å². The highest BCUT2D eigenvalue weighted by molar-refractivity contribution is 7.80. The van der Waals surface area contributed by atoms with Crippen molar-refractivity contribution in [3.8, 4) is 0 Å². The van der Waals surface area contributed by atoms with E-state index in [0.717, 1.165) is 6.07 Å². The number of benzene rings is 1. The topological polar surface area (TPSA) is 52.6 Å². The van der Waals surface area contributed by atoms with E-state index < -0.39 is 29.6 Å². The Hall–Kier alpha value is -1.81. The number of hydrogen-bond donors (Lipinski definition) is 2. The molecule has 1 aromatic carbocycles. The number of hydrogen-bond acceptors (Lipinski definition) is 3. The minimum atomic E-state index is -5.72. The van der Waals surface area contributed by atoms with Gasteiger partial charge in [0.15, 0.2) is 0 Å². The number of carbonyl (C=O) groups excluding carboxylic acids is 1. The van der Waals surface area contributed by atoms with E-state index in [1.54, 1.807) is 0 Å². The SMILES string of the molecule is O=C(NO)C1CCN1C(=S)c1cccc(C(F)(F)C(F)(F)F)c1. The zero-order valence-electron chi connectivity index (χ0n) is 11.4. The molecule has 1 amide bonds. The molecule has 1 heterocycles. The molecule has 0 aromatic heterocycles. The van der Waals surface area contributed by atoms with Crippen LogP contribution in [0.2, 0.25) is 0 Å². The van der Waals surface area contributed by atoms with Crippen LogP contribution in [0.3, 0.4) is 0 Å². The summed E-state index contributed by atoms with van der Waals surface area (Å²) in [6.45, 7) is 0.330. The van der Waals surface area contributed by atoms with E-state index in [-0.39, 0.29) is 10.6 Å². The Labute approximate surface area is 132 Å². The molecule has 1 aliphatic heterocycles. The molecule has 1 aliphatic rings. The third kappa shape index (κ3) is 3.13. The summed E-state index contributed by atoms with van der Waals surface area (Å²) < 4.78 is 64.1. The highest BCUT2D eigenvalue weighted by Gasteiger charge is 2.58. The maximum absolute atomic E-state index is 13.4. The van der Waals surface area contributed by atoms with Crippen molar-refractivity contribution in [3.05, 3.63) is 35.4 Å². The molecule has 0 spiro atoms. The average molecular weight is 354 g/mol. The summed E-state index contributed by atoms with van der Waals surface area (Å²) >= 11 is 5.05. The van der Waals surface area contributed by atoms with Crippen LogP contribution in [0.25, 0.3) is 0 Å². The Morgan fingerprint density at radius 2 is 1.96 bits per heavy atom. The maximum atomic E-state index is 13.4. The molecule has 1 atom stereocenters. The van der Waals surface area contributed by atoms with E-state index in [1.165, 1.54) is 16.4 Å². The van der Waals surface area contributed by atoms with Crippen molar-refractivity contribution in [2.75, 3.05) is 6.54 Å². The number of rotatable bonds is 3. The summed E-state index contributed by atoms with van der Waals surface area (Å²) in [4.78, 5) is 12.7. The van der Waals surface area contributed by atoms with Crippen molar-refractivity contribution < 1.29 is 32.0 Å². The number of halogens is 5. The Balaban J connectivity index is 2.27. The second-order valence-corrected chi connectivity index (χ2v) is 5.32. The van der Waals surface area contributed by atoms with Crippen LogP contribution in [0.4, 0.5) is 22.0 Å². The van der Waals surface area contributed by atoms with Gasteiger partial charge in [0.25, 0.3) is 5.91 Å². The van der Waals surface area contributed by atoms with Crippen molar-refractivity contribution in [2.24, 2.45) is 0 Å². The van der Waals surface area contributed by atoms with Gasteiger partial charge in [-0.2, -0.15) is 22.0 Å². The van der Waals surface area contributed by atoms with Crippen LogP contribution in [0.1, 0.15) is 17.5 Å². The summed E-state index contributed by atoms with van der Waals surface area (Å²) in [6.07, 6.45) is -5.34. The van der Waals surface area contributed by atoms with E-state index in [9.17, 15) is 26.7 Å². The first kappa shape index (κ1) is 17.5.